The summed E-state index contributed by atoms with van der Waals surface area (Å²) in [6, 6.07) is 0.360. The number of piperidine rings is 1. The van der Waals surface area contributed by atoms with E-state index in [2.05, 4.69) is 23.7 Å². The van der Waals surface area contributed by atoms with E-state index in [1.54, 1.807) is 0 Å². The van der Waals surface area contributed by atoms with Crippen LogP contribution in [0.5, 0.6) is 0 Å². The molecule has 1 spiro atoms. The molecule has 5 nitrogen and oxygen atoms in total. The topological polar surface area (TPSA) is 61.9 Å². The van der Waals surface area contributed by atoms with E-state index in [4.69, 9.17) is 5.73 Å². The van der Waals surface area contributed by atoms with E-state index in [0.717, 1.165) is 44.5 Å². The molecule has 0 aromatic heterocycles. The van der Waals surface area contributed by atoms with Gasteiger partial charge in [-0.25, -0.2) is 0 Å². The molecule has 0 aromatic rings. The molecule has 2 saturated heterocycles. The molecular weight excluding hydrogens is 300 g/mol. The number of allylic oxidation sites excluding steroid dienone is 1. The van der Waals surface area contributed by atoms with Gasteiger partial charge in [0, 0.05) is 50.4 Å². The molecule has 3 heterocycles. The second-order valence-corrected chi connectivity index (χ2v) is 7.88. The van der Waals surface area contributed by atoms with Gasteiger partial charge in [0.2, 0.25) is 5.91 Å². The van der Waals surface area contributed by atoms with Crippen LogP contribution in [0.3, 0.4) is 0 Å². The lowest BCUT2D eigenvalue weighted by Gasteiger charge is -2.45. The SMILES string of the molecule is CCCC(C)C1CC(N2CCC3(CCC(=O)N3C)CC2)=C(N)C=N1. The molecule has 2 fully saturated rings. The van der Waals surface area contributed by atoms with Crippen molar-refractivity contribution in [2.75, 3.05) is 20.1 Å². The monoisotopic (exact) mass is 332 g/mol. The van der Waals surface area contributed by atoms with Crippen LogP contribution in [-0.4, -0.2) is 53.6 Å². The third-order valence-corrected chi connectivity index (χ3v) is 6.51. The zero-order valence-corrected chi connectivity index (χ0v) is 15.4. The Morgan fingerprint density at radius 2 is 2.08 bits per heavy atom. The number of rotatable bonds is 4. The molecule has 24 heavy (non-hydrogen) atoms. The highest BCUT2D eigenvalue weighted by Crippen LogP contribution is 2.39. The molecule has 3 aliphatic heterocycles. The number of aliphatic imine (C=N–C) groups is 1. The van der Waals surface area contributed by atoms with Crippen molar-refractivity contribution in [2.45, 2.75) is 70.4 Å². The fourth-order valence-corrected chi connectivity index (χ4v) is 4.64. The zero-order valence-electron chi connectivity index (χ0n) is 15.4. The molecule has 0 radical (unpaired) electrons. The van der Waals surface area contributed by atoms with Crippen LogP contribution in [0.4, 0.5) is 0 Å². The highest BCUT2D eigenvalue weighted by Gasteiger charge is 2.45. The summed E-state index contributed by atoms with van der Waals surface area (Å²) >= 11 is 0. The minimum absolute atomic E-state index is 0.0978. The summed E-state index contributed by atoms with van der Waals surface area (Å²) in [7, 11) is 1.98. The first-order valence-electron chi connectivity index (χ1n) is 9.50. The van der Waals surface area contributed by atoms with Crippen LogP contribution in [0.25, 0.3) is 0 Å². The fraction of sp³-hybridized carbons (Fsp3) is 0.789. The molecule has 0 aromatic carbocycles. The van der Waals surface area contributed by atoms with E-state index in [9.17, 15) is 4.79 Å². The lowest BCUT2D eigenvalue weighted by molar-refractivity contribution is -0.130. The van der Waals surface area contributed by atoms with Gasteiger partial charge in [-0.2, -0.15) is 0 Å². The summed E-state index contributed by atoms with van der Waals surface area (Å²) in [5.74, 6) is 0.907. The number of carbonyl (C=O) groups is 1. The van der Waals surface area contributed by atoms with Crippen molar-refractivity contribution in [3.05, 3.63) is 11.4 Å². The van der Waals surface area contributed by atoms with Crippen molar-refractivity contribution in [3.63, 3.8) is 0 Å². The van der Waals surface area contributed by atoms with E-state index in [-0.39, 0.29) is 5.54 Å². The van der Waals surface area contributed by atoms with Crippen LogP contribution in [-0.2, 0) is 4.79 Å². The van der Waals surface area contributed by atoms with Crippen LogP contribution in [0.1, 0.15) is 58.8 Å². The Morgan fingerprint density at radius 3 is 2.67 bits per heavy atom. The number of amides is 1. The van der Waals surface area contributed by atoms with Crippen LogP contribution in [0, 0.1) is 5.92 Å². The molecule has 3 aliphatic rings. The molecular formula is C19H32N4O. The molecule has 2 atom stereocenters. The molecule has 0 bridgehead atoms. The van der Waals surface area contributed by atoms with Crippen molar-refractivity contribution < 1.29 is 4.79 Å². The minimum Gasteiger partial charge on any atom is -0.396 e. The third-order valence-electron chi connectivity index (χ3n) is 6.51. The van der Waals surface area contributed by atoms with Crippen molar-refractivity contribution in [1.29, 1.82) is 0 Å². The smallest absolute Gasteiger partial charge is 0.222 e. The Kier molecular flexibility index (Phi) is 4.88. The highest BCUT2D eigenvalue weighted by atomic mass is 16.2. The summed E-state index contributed by atoms with van der Waals surface area (Å²) < 4.78 is 0. The second kappa shape index (κ2) is 6.77. The van der Waals surface area contributed by atoms with Crippen LogP contribution >= 0.6 is 0 Å². The average Bonchev–Trinajstić information content (AvgIpc) is 2.85. The lowest BCUT2D eigenvalue weighted by Crippen LogP contribution is -2.52. The molecule has 0 saturated carbocycles. The zero-order chi connectivity index (χ0) is 17.3. The Hall–Kier alpha value is -1.52. The first kappa shape index (κ1) is 17.3. The Morgan fingerprint density at radius 1 is 1.38 bits per heavy atom. The van der Waals surface area contributed by atoms with Crippen LogP contribution in [0.2, 0.25) is 0 Å². The van der Waals surface area contributed by atoms with Gasteiger partial charge in [-0.15, -0.1) is 0 Å². The highest BCUT2D eigenvalue weighted by molar-refractivity contribution is 5.80. The number of hydrogen-bond donors (Lipinski definition) is 1. The summed E-state index contributed by atoms with van der Waals surface area (Å²) in [6.45, 7) is 6.53. The molecule has 134 valence electrons. The van der Waals surface area contributed by atoms with Crippen molar-refractivity contribution in [2.24, 2.45) is 16.6 Å². The molecule has 1 amide bonds. The number of nitrogens with two attached hydrogens (primary N) is 1. The predicted molar refractivity (Wildman–Crippen MR) is 97.7 cm³/mol. The number of hydrogen-bond acceptors (Lipinski definition) is 4. The average molecular weight is 332 g/mol. The number of likely N-dealkylation sites (tertiary alicyclic amines) is 2. The number of carbonyl (C=O) groups excluding carboxylic acids is 1. The first-order chi connectivity index (χ1) is 11.5. The number of dihydropyridines is 1. The first-order valence-corrected chi connectivity index (χ1v) is 9.50. The third kappa shape index (κ3) is 3.05. The summed E-state index contributed by atoms with van der Waals surface area (Å²) in [5, 5.41) is 0. The van der Waals surface area contributed by atoms with Crippen LogP contribution in [0.15, 0.2) is 16.4 Å². The maximum absolute atomic E-state index is 11.9. The van der Waals surface area contributed by atoms with Gasteiger partial charge >= 0.3 is 0 Å². The Balaban J connectivity index is 1.65. The minimum atomic E-state index is 0.0978. The fourth-order valence-electron chi connectivity index (χ4n) is 4.64. The van der Waals surface area contributed by atoms with Gasteiger partial charge in [0.1, 0.15) is 0 Å². The van der Waals surface area contributed by atoms with E-state index >= 15 is 0 Å². The van der Waals surface area contributed by atoms with Gasteiger partial charge in [0.15, 0.2) is 0 Å². The lowest BCUT2D eigenvalue weighted by atomic mass is 9.84. The molecule has 0 aliphatic carbocycles. The maximum atomic E-state index is 11.9. The summed E-state index contributed by atoms with van der Waals surface area (Å²) in [6.07, 6.45) is 9.10. The van der Waals surface area contributed by atoms with E-state index in [0.29, 0.717) is 24.3 Å². The van der Waals surface area contributed by atoms with Crippen molar-refractivity contribution in [1.82, 2.24) is 9.80 Å². The van der Waals surface area contributed by atoms with E-state index in [1.165, 1.54) is 18.5 Å². The van der Waals surface area contributed by atoms with Gasteiger partial charge < -0.3 is 15.5 Å². The van der Waals surface area contributed by atoms with Gasteiger partial charge in [0.25, 0.3) is 0 Å². The predicted octanol–water partition coefficient (Wildman–Crippen LogP) is 2.52. The quantitative estimate of drug-likeness (QED) is 0.860. The Labute approximate surface area is 146 Å². The van der Waals surface area contributed by atoms with Crippen molar-refractivity contribution in [3.8, 4) is 0 Å². The van der Waals surface area contributed by atoms with E-state index < -0.39 is 0 Å². The molecule has 2 N–H and O–H groups in total. The van der Waals surface area contributed by atoms with Crippen LogP contribution < -0.4 is 5.73 Å². The van der Waals surface area contributed by atoms with Gasteiger partial charge in [-0.1, -0.05) is 20.3 Å². The second-order valence-electron chi connectivity index (χ2n) is 7.88. The summed E-state index contributed by atoms with van der Waals surface area (Å²) in [4.78, 5) is 21.1. The molecule has 3 rings (SSSR count). The normalized spacial score (nSPS) is 28.1. The molecule has 2 unspecified atom stereocenters. The maximum Gasteiger partial charge on any atom is 0.222 e. The Bertz CT molecular complexity index is 546. The van der Waals surface area contributed by atoms with Gasteiger partial charge in [-0.05, 0) is 31.6 Å². The standard InChI is InChI=1S/C19H32N4O/c1-4-5-14(2)16-12-17(15(20)13-21-16)23-10-8-19(9-11-23)7-6-18(24)22(19)3/h13-14,16H,4-12,20H2,1-3H3. The molecule has 5 heteroatoms. The summed E-state index contributed by atoms with van der Waals surface area (Å²) in [5.41, 5.74) is 8.47. The van der Waals surface area contributed by atoms with Gasteiger partial charge in [0.05, 0.1) is 11.7 Å². The van der Waals surface area contributed by atoms with Crippen molar-refractivity contribution >= 4 is 12.1 Å². The largest absolute Gasteiger partial charge is 0.396 e. The number of nitrogens with zero attached hydrogens (tertiary/aromatic N) is 3. The van der Waals surface area contributed by atoms with Gasteiger partial charge in [-0.3, -0.25) is 9.79 Å². The van der Waals surface area contributed by atoms with E-state index in [1.807, 2.05) is 18.2 Å².